The monoisotopic (exact) mass is 374 g/mol. The van der Waals surface area contributed by atoms with Gasteiger partial charge in [-0.3, -0.25) is 8.42 Å². The molecule has 0 fully saturated rings. The standard InChI is InChI=1S/2C8H11S.H2O4S/c2*1-9(2)8-6-4-3-5-7-8;1-5(2,3)4/h2*3-7H,1-2H3;(H2,1,2,3,4)/q2*+1;/p-2. The Morgan fingerprint density at radius 3 is 1.00 bits per heavy atom. The molecule has 0 unspecified atom stereocenters. The Morgan fingerprint density at radius 1 is 0.652 bits per heavy atom. The van der Waals surface area contributed by atoms with Gasteiger partial charge in [0.2, 0.25) is 0 Å². The molecule has 0 aliphatic rings. The van der Waals surface area contributed by atoms with Crippen LogP contribution in [0.2, 0.25) is 0 Å². The van der Waals surface area contributed by atoms with Gasteiger partial charge in [0.15, 0.2) is 9.79 Å². The summed E-state index contributed by atoms with van der Waals surface area (Å²) in [7, 11) is -4.32. The zero-order valence-corrected chi connectivity index (χ0v) is 16.1. The summed E-state index contributed by atoms with van der Waals surface area (Å²) in [6.45, 7) is 0. The van der Waals surface area contributed by atoms with Crippen LogP contribution < -0.4 is 0 Å². The Labute approximate surface area is 145 Å². The SMILES string of the molecule is C[S+](C)c1ccccc1.C[S+](C)c1ccccc1.O=S(=O)([O-])[O-]. The fraction of sp³-hybridized carbons (Fsp3) is 0.250. The van der Waals surface area contributed by atoms with Crippen molar-refractivity contribution < 1.29 is 17.5 Å². The number of hydrogen-bond donors (Lipinski definition) is 0. The van der Waals surface area contributed by atoms with Gasteiger partial charge in [-0.05, 0) is 24.3 Å². The van der Waals surface area contributed by atoms with Crippen LogP contribution in [0, 0.1) is 0 Å². The molecule has 0 bridgehead atoms. The lowest BCUT2D eigenvalue weighted by molar-refractivity contribution is 0.352. The van der Waals surface area contributed by atoms with E-state index >= 15 is 0 Å². The van der Waals surface area contributed by atoms with Gasteiger partial charge >= 0.3 is 0 Å². The van der Waals surface area contributed by atoms with Gasteiger partial charge in [0.25, 0.3) is 0 Å². The molecule has 2 rings (SSSR count). The second-order valence-electron chi connectivity index (χ2n) is 4.67. The van der Waals surface area contributed by atoms with Crippen LogP contribution in [0.5, 0.6) is 0 Å². The Morgan fingerprint density at radius 2 is 0.870 bits per heavy atom. The number of benzene rings is 2. The van der Waals surface area contributed by atoms with Crippen LogP contribution in [-0.2, 0) is 32.2 Å². The Hall–Kier alpha value is -0.990. The molecule has 23 heavy (non-hydrogen) atoms. The third-order valence-electron chi connectivity index (χ3n) is 2.43. The van der Waals surface area contributed by atoms with Crippen molar-refractivity contribution in [1.29, 1.82) is 0 Å². The third-order valence-corrected chi connectivity index (χ3v) is 4.86. The van der Waals surface area contributed by atoms with Gasteiger partial charge in [-0.2, -0.15) is 0 Å². The highest BCUT2D eigenvalue weighted by molar-refractivity contribution is 7.95. The van der Waals surface area contributed by atoms with Crippen molar-refractivity contribution in [3.8, 4) is 0 Å². The average Bonchev–Trinajstić information content (AvgIpc) is 2.48. The minimum atomic E-state index is -5.17. The van der Waals surface area contributed by atoms with Crippen LogP contribution in [0.25, 0.3) is 0 Å². The maximum atomic E-state index is 8.52. The predicted molar refractivity (Wildman–Crippen MR) is 98.3 cm³/mol. The van der Waals surface area contributed by atoms with Crippen molar-refractivity contribution in [2.45, 2.75) is 9.79 Å². The second kappa shape index (κ2) is 11.5. The molecular weight excluding hydrogens is 352 g/mol. The van der Waals surface area contributed by atoms with Gasteiger partial charge in [0, 0.05) is 32.2 Å². The van der Waals surface area contributed by atoms with Crippen LogP contribution in [-0.4, -0.2) is 42.5 Å². The van der Waals surface area contributed by atoms with Gasteiger partial charge < -0.3 is 9.11 Å². The molecule has 0 atom stereocenters. The Bertz CT molecular complexity index is 575. The minimum absolute atomic E-state index is 0.421. The van der Waals surface area contributed by atoms with E-state index in [2.05, 4.69) is 85.7 Å². The second-order valence-corrected chi connectivity index (χ2v) is 9.69. The number of hydrogen-bond acceptors (Lipinski definition) is 4. The normalized spacial score (nSPS) is 10.4. The van der Waals surface area contributed by atoms with Gasteiger partial charge in [-0.1, -0.05) is 36.4 Å². The lowest BCUT2D eigenvalue weighted by atomic mass is 10.4. The molecule has 128 valence electrons. The molecule has 0 aromatic heterocycles. The summed E-state index contributed by atoms with van der Waals surface area (Å²) >= 11 is 0. The van der Waals surface area contributed by atoms with Crippen molar-refractivity contribution in [2.75, 3.05) is 25.0 Å². The molecule has 2 aromatic carbocycles. The molecule has 0 radical (unpaired) electrons. The molecular formula is C16H22O4S3. The Balaban J connectivity index is 0.000000332. The van der Waals surface area contributed by atoms with E-state index < -0.39 is 10.4 Å². The fourth-order valence-corrected chi connectivity index (χ4v) is 2.79. The van der Waals surface area contributed by atoms with E-state index in [-0.39, 0.29) is 0 Å². The fourth-order valence-electron chi connectivity index (χ4n) is 1.39. The first-order valence-corrected chi connectivity index (χ1v) is 11.9. The van der Waals surface area contributed by atoms with E-state index in [1.165, 1.54) is 9.79 Å². The van der Waals surface area contributed by atoms with Gasteiger partial charge in [0.05, 0.1) is 0 Å². The van der Waals surface area contributed by atoms with Crippen molar-refractivity contribution in [1.82, 2.24) is 0 Å². The van der Waals surface area contributed by atoms with Crippen LogP contribution in [0.15, 0.2) is 70.5 Å². The van der Waals surface area contributed by atoms with Crippen molar-refractivity contribution in [3.05, 3.63) is 60.7 Å². The van der Waals surface area contributed by atoms with E-state index in [1.54, 1.807) is 0 Å². The lowest BCUT2D eigenvalue weighted by Gasteiger charge is -2.06. The maximum absolute atomic E-state index is 8.52. The van der Waals surface area contributed by atoms with E-state index in [9.17, 15) is 0 Å². The molecule has 0 amide bonds. The predicted octanol–water partition coefficient (Wildman–Crippen LogP) is 2.51. The zero-order chi connectivity index (χ0) is 17.9. The van der Waals surface area contributed by atoms with Gasteiger partial charge in [-0.25, -0.2) is 0 Å². The zero-order valence-electron chi connectivity index (χ0n) is 13.6. The van der Waals surface area contributed by atoms with Crippen LogP contribution in [0.3, 0.4) is 0 Å². The summed E-state index contributed by atoms with van der Waals surface area (Å²) in [5.41, 5.74) is 0. The molecule has 0 heterocycles. The highest BCUT2D eigenvalue weighted by Crippen LogP contribution is 2.06. The summed E-state index contributed by atoms with van der Waals surface area (Å²) in [6, 6.07) is 21.1. The topological polar surface area (TPSA) is 80.3 Å². The van der Waals surface area contributed by atoms with Crippen molar-refractivity contribution >= 4 is 32.2 Å². The molecule has 0 N–H and O–H groups in total. The molecule has 0 spiro atoms. The first kappa shape index (κ1) is 22.0. The van der Waals surface area contributed by atoms with E-state index in [1.807, 2.05) is 0 Å². The summed E-state index contributed by atoms with van der Waals surface area (Å²) in [6.07, 6.45) is 8.93. The lowest BCUT2D eigenvalue weighted by Crippen LogP contribution is -1.93. The first-order valence-electron chi connectivity index (χ1n) is 6.53. The molecule has 2 aromatic rings. The van der Waals surface area contributed by atoms with E-state index in [0.717, 1.165) is 0 Å². The number of rotatable bonds is 2. The average molecular weight is 375 g/mol. The van der Waals surface area contributed by atoms with E-state index in [0.29, 0.717) is 21.8 Å². The van der Waals surface area contributed by atoms with Gasteiger partial charge in [0.1, 0.15) is 25.0 Å². The smallest absolute Gasteiger partial charge is 0.154 e. The molecule has 0 aliphatic carbocycles. The van der Waals surface area contributed by atoms with Crippen molar-refractivity contribution in [3.63, 3.8) is 0 Å². The highest BCUT2D eigenvalue weighted by Gasteiger charge is 2.04. The summed E-state index contributed by atoms with van der Waals surface area (Å²) in [5.74, 6) is 0. The molecule has 0 saturated carbocycles. The first-order chi connectivity index (χ1) is 10.6. The summed E-state index contributed by atoms with van der Waals surface area (Å²) in [5, 5.41) is 0. The summed E-state index contributed by atoms with van der Waals surface area (Å²) in [4.78, 5) is 2.88. The molecule has 7 heteroatoms. The molecule has 0 saturated heterocycles. The third kappa shape index (κ3) is 14.3. The Kier molecular flexibility index (Phi) is 11.0. The molecule has 4 nitrogen and oxygen atoms in total. The van der Waals surface area contributed by atoms with E-state index in [4.69, 9.17) is 17.5 Å². The van der Waals surface area contributed by atoms with Crippen molar-refractivity contribution in [2.24, 2.45) is 0 Å². The minimum Gasteiger partial charge on any atom is -0.759 e. The largest absolute Gasteiger partial charge is 0.759 e. The maximum Gasteiger partial charge on any atom is 0.154 e. The van der Waals surface area contributed by atoms with Gasteiger partial charge in [-0.15, -0.1) is 0 Å². The van der Waals surface area contributed by atoms with Crippen LogP contribution in [0.1, 0.15) is 0 Å². The summed E-state index contributed by atoms with van der Waals surface area (Å²) < 4.78 is 34.1. The molecule has 0 aliphatic heterocycles. The quantitative estimate of drug-likeness (QED) is 0.459. The van der Waals surface area contributed by atoms with Crippen LogP contribution >= 0.6 is 0 Å². The highest BCUT2D eigenvalue weighted by atomic mass is 32.3. The van der Waals surface area contributed by atoms with Crippen LogP contribution in [0.4, 0.5) is 0 Å².